The van der Waals surface area contributed by atoms with Gasteiger partial charge in [-0.25, -0.2) is 9.97 Å². The van der Waals surface area contributed by atoms with Gasteiger partial charge in [0.05, 0.1) is 18.0 Å². The Morgan fingerprint density at radius 1 is 1.00 bits per heavy atom. The van der Waals surface area contributed by atoms with Crippen molar-refractivity contribution in [3.05, 3.63) is 82.9 Å². The van der Waals surface area contributed by atoms with E-state index in [9.17, 15) is 22.4 Å². The van der Waals surface area contributed by atoms with Crippen LogP contribution in [0.1, 0.15) is 35.2 Å². The number of nitrogens with zero attached hydrogens (tertiary/aromatic N) is 2. The number of benzene rings is 2. The number of nitrogens with two attached hydrogens (primary N) is 1. The molecule has 3 aromatic rings. The third kappa shape index (κ3) is 5.93. The number of primary amides is 1. The molecule has 10 heteroatoms. The second kappa shape index (κ2) is 9.63. The number of anilines is 2. The van der Waals surface area contributed by atoms with E-state index in [4.69, 9.17) is 5.73 Å². The molecule has 0 aliphatic heterocycles. The molecule has 2 aromatic carbocycles. The fourth-order valence-electron chi connectivity index (χ4n) is 3.00. The second-order valence-corrected chi connectivity index (χ2v) is 7.18. The van der Waals surface area contributed by atoms with Crippen LogP contribution >= 0.6 is 0 Å². The van der Waals surface area contributed by atoms with E-state index >= 15 is 0 Å². The van der Waals surface area contributed by atoms with Crippen molar-refractivity contribution >= 4 is 17.5 Å². The number of carbonyl (C=O) groups is 1. The largest absolute Gasteiger partial charge is 0.416 e. The van der Waals surface area contributed by atoms with Crippen LogP contribution in [0, 0.1) is 5.82 Å². The zero-order chi connectivity index (χ0) is 23.3. The van der Waals surface area contributed by atoms with Gasteiger partial charge >= 0.3 is 6.18 Å². The van der Waals surface area contributed by atoms with Gasteiger partial charge < -0.3 is 16.4 Å². The second-order valence-electron chi connectivity index (χ2n) is 7.18. The van der Waals surface area contributed by atoms with Gasteiger partial charge in [-0.1, -0.05) is 36.4 Å². The molecule has 6 nitrogen and oxygen atoms in total. The molecule has 0 aliphatic carbocycles. The van der Waals surface area contributed by atoms with E-state index in [0.29, 0.717) is 5.56 Å². The average Bonchev–Trinajstić information content (AvgIpc) is 2.74. The minimum atomic E-state index is -4.42. The summed E-state index contributed by atoms with van der Waals surface area (Å²) in [6.07, 6.45) is -3.10. The lowest BCUT2D eigenvalue weighted by Gasteiger charge is -2.17. The molecule has 0 saturated carbocycles. The molecule has 1 atom stereocenters. The molecule has 3 rings (SSSR count). The summed E-state index contributed by atoms with van der Waals surface area (Å²) in [7, 11) is 0. The highest BCUT2D eigenvalue weighted by molar-refractivity contribution is 5.76. The van der Waals surface area contributed by atoms with Gasteiger partial charge in [0.25, 0.3) is 0 Å². The predicted molar refractivity (Wildman–Crippen MR) is 112 cm³/mol. The molecule has 0 spiro atoms. The highest BCUT2D eigenvalue weighted by Gasteiger charge is 2.30. The Balaban J connectivity index is 1.65. The van der Waals surface area contributed by atoms with Crippen LogP contribution in [0.15, 0.2) is 54.9 Å². The summed E-state index contributed by atoms with van der Waals surface area (Å²) in [6.45, 7) is 1.96. The first-order valence-corrected chi connectivity index (χ1v) is 9.67. The lowest BCUT2D eigenvalue weighted by atomic mass is 10.1. The van der Waals surface area contributed by atoms with Crippen molar-refractivity contribution in [3.63, 3.8) is 0 Å². The maximum absolute atomic E-state index is 14.8. The van der Waals surface area contributed by atoms with Gasteiger partial charge in [0.1, 0.15) is 6.33 Å². The van der Waals surface area contributed by atoms with Crippen molar-refractivity contribution in [1.29, 1.82) is 0 Å². The summed E-state index contributed by atoms with van der Waals surface area (Å²) in [5.74, 6) is -1.24. The normalized spacial score (nSPS) is 12.3. The molecule has 0 aliphatic rings. The van der Waals surface area contributed by atoms with Gasteiger partial charge in [-0.3, -0.25) is 4.79 Å². The fourth-order valence-corrected chi connectivity index (χ4v) is 3.00. The van der Waals surface area contributed by atoms with Gasteiger partial charge in [-0.05, 0) is 35.7 Å². The van der Waals surface area contributed by atoms with Crippen LogP contribution in [0.3, 0.4) is 0 Å². The van der Waals surface area contributed by atoms with Gasteiger partial charge in [0, 0.05) is 6.54 Å². The Kier molecular flexibility index (Phi) is 6.92. The lowest BCUT2D eigenvalue weighted by Crippen LogP contribution is -2.14. The molecule has 0 radical (unpaired) electrons. The number of aromatic nitrogens is 2. The average molecular weight is 447 g/mol. The summed E-state index contributed by atoms with van der Waals surface area (Å²) in [6, 6.07) is 11.2. The first-order valence-electron chi connectivity index (χ1n) is 9.67. The predicted octanol–water partition coefficient (Wildman–Crippen LogP) is 4.45. The van der Waals surface area contributed by atoms with Crippen LogP contribution in [0.25, 0.3) is 0 Å². The highest BCUT2D eigenvalue weighted by atomic mass is 19.4. The van der Waals surface area contributed by atoms with Gasteiger partial charge in [0.2, 0.25) is 11.7 Å². The Hall–Kier alpha value is -3.69. The number of hydrogen-bond donors (Lipinski definition) is 3. The van der Waals surface area contributed by atoms with Crippen LogP contribution in [-0.2, 0) is 23.9 Å². The number of amides is 1. The Morgan fingerprint density at radius 3 is 2.19 bits per heavy atom. The zero-order valence-corrected chi connectivity index (χ0v) is 17.1. The van der Waals surface area contributed by atoms with Crippen molar-refractivity contribution < 1.29 is 22.4 Å². The first-order chi connectivity index (χ1) is 15.1. The summed E-state index contributed by atoms with van der Waals surface area (Å²) in [5, 5.41) is 5.74. The Labute approximate surface area is 181 Å². The zero-order valence-electron chi connectivity index (χ0n) is 17.1. The maximum Gasteiger partial charge on any atom is 0.416 e. The quantitative estimate of drug-likeness (QED) is 0.444. The molecule has 1 unspecified atom stereocenters. The van der Waals surface area contributed by atoms with Crippen LogP contribution in [-0.4, -0.2) is 15.9 Å². The van der Waals surface area contributed by atoms with E-state index in [-0.39, 0.29) is 24.6 Å². The third-order valence-electron chi connectivity index (χ3n) is 4.74. The van der Waals surface area contributed by atoms with Crippen molar-refractivity contribution in [2.75, 3.05) is 10.6 Å². The summed E-state index contributed by atoms with van der Waals surface area (Å²) >= 11 is 0. The third-order valence-corrected chi connectivity index (χ3v) is 4.74. The van der Waals surface area contributed by atoms with Gasteiger partial charge in [-0.15, -0.1) is 0 Å². The van der Waals surface area contributed by atoms with Crippen LogP contribution in [0.5, 0.6) is 0 Å². The Morgan fingerprint density at radius 2 is 1.59 bits per heavy atom. The molecule has 0 saturated heterocycles. The summed E-state index contributed by atoms with van der Waals surface area (Å²) in [4.78, 5) is 18.8. The minimum absolute atomic E-state index is 0.0247. The summed E-state index contributed by atoms with van der Waals surface area (Å²) < 4.78 is 53.0. The number of hydrogen-bond acceptors (Lipinski definition) is 5. The van der Waals surface area contributed by atoms with Gasteiger partial charge in [0.15, 0.2) is 11.6 Å². The molecule has 1 heterocycles. The lowest BCUT2D eigenvalue weighted by molar-refractivity contribution is -0.137. The number of rotatable bonds is 8. The molecule has 1 aromatic heterocycles. The molecule has 4 N–H and O–H groups in total. The molecule has 168 valence electrons. The number of alkyl halides is 3. The Bertz CT molecular complexity index is 1070. The minimum Gasteiger partial charge on any atom is -0.369 e. The van der Waals surface area contributed by atoms with E-state index in [1.165, 1.54) is 18.5 Å². The van der Waals surface area contributed by atoms with Crippen molar-refractivity contribution in [2.24, 2.45) is 5.73 Å². The monoisotopic (exact) mass is 447 g/mol. The molecule has 0 bridgehead atoms. The number of carbonyl (C=O) groups excluding carboxylic acids is 1. The molecule has 1 amide bonds. The van der Waals surface area contributed by atoms with Crippen LogP contribution < -0.4 is 16.4 Å². The fraction of sp³-hybridized carbons (Fsp3) is 0.227. The molecular formula is C22H21F4N5O. The SMILES string of the molecule is CC(Nc1ncnc(NCc2ccc(CC(N)=O)cc2)c1F)c1ccc(C(F)(F)F)cc1. The topological polar surface area (TPSA) is 92.9 Å². The van der Waals surface area contributed by atoms with E-state index in [2.05, 4.69) is 20.6 Å². The van der Waals surface area contributed by atoms with E-state index < -0.39 is 29.5 Å². The van der Waals surface area contributed by atoms with E-state index in [0.717, 1.165) is 23.3 Å². The highest BCUT2D eigenvalue weighted by Crippen LogP contribution is 2.30. The van der Waals surface area contributed by atoms with E-state index in [1.54, 1.807) is 31.2 Å². The van der Waals surface area contributed by atoms with Crippen molar-refractivity contribution in [2.45, 2.75) is 32.1 Å². The van der Waals surface area contributed by atoms with Crippen molar-refractivity contribution in [1.82, 2.24) is 9.97 Å². The van der Waals surface area contributed by atoms with Crippen molar-refractivity contribution in [3.8, 4) is 0 Å². The van der Waals surface area contributed by atoms with Crippen LogP contribution in [0.2, 0.25) is 0 Å². The molecule has 32 heavy (non-hydrogen) atoms. The summed E-state index contributed by atoms with van der Waals surface area (Å²) in [5.41, 5.74) is 6.57. The first kappa shape index (κ1) is 23.0. The standard InChI is InChI=1S/C22H21F4N5O/c1-13(16-6-8-17(9-7-16)22(24,25)26)31-21-19(23)20(29-12-30-21)28-11-15-4-2-14(3-5-15)10-18(27)32/h2-9,12-13H,10-11H2,1H3,(H2,27,32)(H2,28,29,30,31). The van der Waals surface area contributed by atoms with E-state index in [1.807, 2.05) is 0 Å². The smallest absolute Gasteiger partial charge is 0.369 e. The van der Waals surface area contributed by atoms with Crippen LogP contribution in [0.4, 0.5) is 29.2 Å². The molecular weight excluding hydrogens is 426 g/mol. The number of halogens is 4. The maximum atomic E-state index is 14.8. The number of nitrogens with one attached hydrogen (secondary N) is 2. The van der Waals surface area contributed by atoms with Gasteiger partial charge in [-0.2, -0.15) is 17.6 Å². The molecule has 0 fully saturated rings.